The molecule has 2 N–H and O–H groups in total. The van der Waals surface area contributed by atoms with Gasteiger partial charge < -0.3 is 15.3 Å². The highest BCUT2D eigenvalue weighted by atomic mass is 16.3. The maximum Gasteiger partial charge on any atom is 0.229 e. The van der Waals surface area contributed by atoms with Gasteiger partial charge in [0.25, 0.3) is 0 Å². The van der Waals surface area contributed by atoms with Gasteiger partial charge in [-0.1, -0.05) is 37.1 Å². The summed E-state index contributed by atoms with van der Waals surface area (Å²) in [6.07, 6.45) is 4.21. The fourth-order valence-corrected chi connectivity index (χ4v) is 3.42. The first-order valence-corrected chi connectivity index (χ1v) is 8.13. The van der Waals surface area contributed by atoms with Crippen molar-refractivity contribution in [2.75, 3.05) is 20.6 Å². The molecule has 0 saturated heterocycles. The SMILES string of the molecule is CC(NCC1(C(=O)N(C)C)CCCC1)c1cccc(CO)c1. The standard InChI is InChI=1S/C18H28N2O2/c1-14(16-8-6-7-15(11-16)12-21)19-13-18(9-4-5-10-18)17(22)20(2)3/h6-8,11,14,19,21H,4-5,9-10,12-13H2,1-3H3. The molecule has 1 atom stereocenters. The Morgan fingerprint density at radius 3 is 2.64 bits per heavy atom. The number of nitrogens with zero attached hydrogens (tertiary/aromatic N) is 1. The van der Waals surface area contributed by atoms with Crippen molar-refractivity contribution >= 4 is 5.91 Å². The summed E-state index contributed by atoms with van der Waals surface area (Å²) in [4.78, 5) is 14.3. The molecule has 1 aromatic carbocycles. The van der Waals surface area contributed by atoms with Crippen LogP contribution in [0.1, 0.15) is 49.8 Å². The van der Waals surface area contributed by atoms with Crippen molar-refractivity contribution in [2.45, 2.75) is 45.3 Å². The minimum absolute atomic E-state index is 0.0591. The second-order valence-electron chi connectivity index (χ2n) is 6.69. The predicted molar refractivity (Wildman–Crippen MR) is 88.4 cm³/mol. The number of aliphatic hydroxyl groups is 1. The largest absolute Gasteiger partial charge is 0.392 e. The van der Waals surface area contributed by atoms with E-state index in [1.54, 1.807) is 4.90 Å². The normalized spacial score (nSPS) is 18.2. The Morgan fingerprint density at radius 2 is 2.05 bits per heavy atom. The molecule has 0 aromatic heterocycles. The quantitative estimate of drug-likeness (QED) is 0.849. The van der Waals surface area contributed by atoms with Crippen LogP contribution in [0.15, 0.2) is 24.3 Å². The lowest BCUT2D eigenvalue weighted by molar-refractivity contribution is -0.139. The highest BCUT2D eigenvalue weighted by Crippen LogP contribution is 2.39. The van der Waals surface area contributed by atoms with Gasteiger partial charge in [0.2, 0.25) is 5.91 Å². The molecular formula is C18H28N2O2. The van der Waals surface area contributed by atoms with E-state index >= 15 is 0 Å². The van der Waals surface area contributed by atoms with Gasteiger partial charge >= 0.3 is 0 Å². The summed E-state index contributed by atoms with van der Waals surface area (Å²) in [7, 11) is 3.69. The first-order chi connectivity index (χ1) is 10.5. The Balaban J connectivity index is 2.04. The van der Waals surface area contributed by atoms with Gasteiger partial charge in [-0.3, -0.25) is 4.79 Å². The topological polar surface area (TPSA) is 52.6 Å². The van der Waals surface area contributed by atoms with Gasteiger partial charge in [-0.15, -0.1) is 0 Å². The molecule has 0 bridgehead atoms. The number of amides is 1. The van der Waals surface area contributed by atoms with E-state index in [1.807, 2.05) is 32.3 Å². The fraction of sp³-hybridized carbons (Fsp3) is 0.611. The molecule has 1 aliphatic rings. The van der Waals surface area contributed by atoms with E-state index < -0.39 is 0 Å². The molecule has 0 spiro atoms. The smallest absolute Gasteiger partial charge is 0.229 e. The van der Waals surface area contributed by atoms with E-state index in [0.29, 0.717) is 6.54 Å². The summed E-state index contributed by atoms with van der Waals surface area (Å²) in [5.74, 6) is 0.244. The maximum atomic E-state index is 12.6. The molecule has 1 aromatic rings. The minimum atomic E-state index is -0.244. The van der Waals surface area contributed by atoms with E-state index in [0.717, 1.165) is 36.8 Å². The third kappa shape index (κ3) is 3.68. The number of aliphatic hydroxyl groups excluding tert-OH is 1. The number of carbonyl (C=O) groups is 1. The second kappa shape index (κ2) is 7.25. The second-order valence-corrected chi connectivity index (χ2v) is 6.69. The van der Waals surface area contributed by atoms with Crippen LogP contribution in [0.25, 0.3) is 0 Å². The highest BCUT2D eigenvalue weighted by Gasteiger charge is 2.41. The monoisotopic (exact) mass is 304 g/mol. The molecule has 0 radical (unpaired) electrons. The van der Waals surface area contributed by atoms with Gasteiger partial charge in [0.05, 0.1) is 12.0 Å². The van der Waals surface area contributed by atoms with Crippen molar-refractivity contribution in [1.82, 2.24) is 10.2 Å². The average Bonchev–Trinajstić information content (AvgIpc) is 3.01. The van der Waals surface area contributed by atoms with Crippen LogP contribution < -0.4 is 5.32 Å². The molecule has 0 heterocycles. The van der Waals surface area contributed by atoms with E-state index in [4.69, 9.17) is 0 Å². The lowest BCUT2D eigenvalue weighted by Gasteiger charge is -2.32. The summed E-state index contributed by atoms with van der Waals surface area (Å²) in [6.45, 7) is 2.89. The van der Waals surface area contributed by atoms with Crippen molar-refractivity contribution in [3.05, 3.63) is 35.4 Å². The number of benzene rings is 1. The van der Waals surface area contributed by atoms with Crippen LogP contribution in [-0.4, -0.2) is 36.6 Å². The summed E-state index contributed by atoms with van der Waals surface area (Å²) in [6, 6.07) is 8.14. The fourth-order valence-electron chi connectivity index (χ4n) is 3.42. The molecule has 1 aliphatic carbocycles. The third-order valence-corrected chi connectivity index (χ3v) is 4.80. The number of hydrogen-bond acceptors (Lipinski definition) is 3. The first kappa shape index (κ1) is 17.0. The Bertz CT molecular complexity index is 508. The van der Waals surface area contributed by atoms with Crippen LogP contribution in [0.2, 0.25) is 0 Å². The summed E-state index contributed by atoms with van der Waals surface area (Å²) >= 11 is 0. The van der Waals surface area contributed by atoms with Gasteiger partial charge in [0.15, 0.2) is 0 Å². The zero-order valence-corrected chi connectivity index (χ0v) is 13.9. The molecule has 4 heteroatoms. The summed E-state index contributed by atoms with van der Waals surface area (Å²) < 4.78 is 0. The molecule has 1 amide bonds. The van der Waals surface area contributed by atoms with Crippen molar-refractivity contribution in [3.63, 3.8) is 0 Å². The van der Waals surface area contributed by atoms with Gasteiger partial charge in [0, 0.05) is 26.7 Å². The lowest BCUT2D eigenvalue weighted by Crippen LogP contribution is -2.45. The zero-order valence-electron chi connectivity index (χ0n) is 13.9. The molecule has 1 saturated carbocycles. The maximum absolute atomic E-state index is 12.6. The van der Waals surface area contributed by atoms with Crippen LogP contribution in [-0.2, 0) is 11.4 Å². The van der Waals surface area contributed by atoms with E-state index in [2.05, 4.69) is 18.3 Å². The van der Waals surface area contributed by atoms with E-state index in [9.17, 15) is 9.90 Å². The van der Waals surface area contributed by atoms with E-state index in [1.165, 1.54) is 0 Å². The number of nitrogens with one attached hydrogen (secondary N) is 1. The molecule has 2 rings (SSSR count). The van der Waals surface area contributed by atoms with Gasteiger partial charge in [0.1, 0.15) is 0 Å². The van der Waals surface area contributed by atoms with Gasteiger partial charge in [-0.05, 0) is 30.9 Å². The molecule has 4 nitrogen and oxygen atoms in total. The summed E-state index contributed by atoms with van der Waals surface area (Å²) in [5.41, 5.74) is 1.83. The highest BCUT2D eigenvalue weighted by molar-refractivity contribution is 5.82. The van der Waals surface area contributed by atoms with Crippen LogP contribution in [0.3, 0.4) is 0 Å². The van der Waals surface area contributed by atoms with Crippen LogP contribution in [0.5, 0.6) is 0 Å². The number of rotatable bonds is 6. The molecule has 1 fully saturated rings. The Hall–Kier alpha value is -1.39. The number of hydrogen-bond donors (Lipinski definition) is 2. The molecule has 0 aliphatic heterocycles. The van der Waals surface area contributed by atoms with Gasteiger partial charge in [-0.25, -0.2) is 0 Å². The average molecular weight is 304 g/mol. The predicted octanol–water partition coefficient (Wildman–Crippen LogP) is 2.48. The van der Waals surface area contributed by atoms with Crippen LogP contribution in [0.4, 0.5) is 0 Å². The molecular weight excluding hydrogens is 276 g/mol. The minimum Gasteiger partial charge on any atom is -0.392 e. The van der Waals surface area contributed by atoms with Crippen molar-refractivity contribution < 1.29 is 9.90 Å². The van der Waals surface area contributed by atoms with Crippen LogP contribution in [0, 0.1) is 5.41 Å². The van der Waals surface area contributed by atoms with Crippen LogP contribution >= 0.6 is 0 Å². The molecule has 1 unspecified atom stereocenters. The van der Waals surface area contributed by atoms with Crippen molar-refractivity contribution in [1.29, 1.82) is 0 Å². The van der Waals surface area contributed by atoms with E-state index in [-0.39, 0.29) is 24.0 Å². The van der Waals surface area contributed by atoms with Gasteiger partial charge in [-0.2, -0.15) is 0 Å². The van der Waals surface area contributed by atoms with Crippen molar-refractivity contribution in [3.8, 4) is 0 Å². The van der Waals surface area contributed by atoms with Crippen molar-refractivity contribution in [2.24, 2.45) is 5.41 Å². The Kier molecular flexibility index (Phi) is 5.59. The first-order valence-electron chi connectivity index (χ1n) is 8.13. The lowest BCUT2D eigenvalue weighted by atomic mass is 9.84. The molecule has 122 valence electrons. The number of carbonyl (C=O) groups excluding carboxylic acids is 1. The Morgan fingerprint density at radius 1 is 1.36 bits per heavy atom. The molecule has 22 heavy (non-hydrogen) atoms. The Labute approximate surface area is 133 Å². The summed E-state index contributed by atoms with van der Waals surface area (Å²) in [5, 5.41) is 12.8. The third-order valence-electron chi connectivity index (χ3n) is 4.80. The zero-order chi connectivity index (χ0) is 16.2.